The van der Waals surface area contributed by atoms with Gasteiger partial charge in [0, 0.05) is 12.6 Å². The van der Waals surface area contributed by atoms with Gasteiger partial charge in [0.2, 0.25) is 5.91 Å². The van der Waals surface area contributed by atoms with Gasteiger partial charge < -0.3 is 15.7 Å². The second-order valence-corrected chi connectivity index (χ2v) is 4.98. The molecule has 0 aliphatic heterocycles. The van der Waals surface area contributed by atoms with Crippen LogP contribution in [0.25, 0.3) is 0 Å². The molecule has 5 heteroatoms. The molecule has 104 valence electrons. The molecular weight excluding hydrogens is 232 g/mol. The summed E-state index contributed by atoms with van der Waals surface area (Å²) in [5.41, 5.74) is 0. The summed E-state index contributed by atoms with van der Waals surface area (Å²) in [6.45, 7) is 3.10. The first-order chi connectivity index (χ1) is 8.63. The van der Waals surface area contributed by atoms with Crippen LogP contribution in [-0.4, -0.2) is 36.1 Å². The van der Waals surface area contributed by atoms with Crippen LogP contribution in [-0.2, 0) is 9.59 Å². The monoisotopic (exact) mass is 256 g/mol. The molecule has 1 saturated carbocycles. The molecule has 0 aromatic heterocycles. The third kappa shape index (κ3) is 5.49. The van der Waals surface area contributed by atoms with E-state index in [1.54, 1.807) is 0 Å². The molecule has 0 bridgehead atoms. The molecule has 1 fully saturated rings. The predicted molar refractivity (Wildman–Crippen MR) is 69.3 cm³/mol. The minimum absolute atomic E-state index is 0.000832. The van der Waals surface area contributed by atoms with Crippen LogP contribution < -0.4 is 10.6 Å². The summed E-state index contributed by atoms with van der Waals surface area (Å²) < 4.78 is 0. The first-order valence-electron chi connectivity index (χ1n) is 6.86. The van der Waals surface area contributed by atoms with Crippen molar-refractivity contribution in [1.82, 2.24) is 10.6 Å². The Bertz CT molecular complexity index is 281. The first kappa shape index (κ1) is 15.0. The second kappa shape index (κ2) is 8.08. The number of aliphatic carboxylic acids is 1. The third-order valence-corrected chi connectivity index (χ3v) is 3.43. The fourth-order valence-corrected chi connectivity index (χ4v) is 2.30. The Labute approximate surface area is 108 Å². The zero-order valence-corrected chi connectivity index (χ0v) is 11.1. The number of rotatable bonds is 7. The number of amides is 1. The molecule has 1 rings (SSSR count). The van der Waals surface area contributed by atoms with Crippen LogP contribution >= 0.6 is 0 Å². The summed E-state index contributed by atoms with van der Waals surface area (Å²) in [7, 11) is 0. The Hall–Kier alpha value is -1.10. The van der Waals surface area contributed by atoms with Crippen LogP contribution in [0.4, 0.5) is 0 Å². The van der Waals surface area contributed by atoms with Crippen molar-refractivity contribution in [1.29, 1.82) is 0 Å². The zero-order chi connectivity index (χ0) is 13.4. The van der Waals surface area contributed by atoms with E-state index >= 15 is 0 Å². The van der Waals surface area contributed by atoms with Crippen LogP contribution in [0.3, 0.4) is 0 Å². The minimum atomic E-state index is -0.714. The van der Waals surface area contributed by atoms with Gasteiger partial charge in [-0.3, -0.25) is 9.59 Å². The fraction of sp³-hybridized carbons (Fsp3) is 0.846. The molecule has 0 heterocycles. The zero-order valence-electron chi connectivity index (χ0n) is 11.1. The molecule has 2 unspecified atom stereocenters. The molecule has 0 saturated heterocycles. The van der Waals surface area contributed by atoms with Crippen molar-refractivity contribution >= 4 is 11.9 Å². The van der Waals surface area contributed by atoms with Gasteiger partial charge in [0.1, 0.15) is 0 Å². The van der Waals surface area contributed by atoms with Gasteiger partial charge >= 0.3 is 5.97 Å². The maximum absolute atomic E-state index is 11.5. The normalized spacial score (nSPS) is 23.6. The number of carboxylic acid groups (broad SMARTS) is 1. The van der Waals surface area contributed by atoms with Gasteiger partial charge in [-0.25, -0.2) is 0 Å². The largest absolute Gasteiger partial charge is 0.481 e. The molecule has 0 spiro atoms. The fourth-order valence-electron chi connectivity index (χ4n) is 2.30. The van der Waals surface area contributed by atoms with E-state index < -0.39 is 5.97 Å². The highest BCUT2D eigenvalue weighted by molar-refractivity contribution is 5.78. The highest BCUT2D eigenvalue weighted by Gasteiger charge is 2.26. The van der Waals surface area contributed by atoms with Gasteiger partial charge in [0.15, 0.2) is 0 Å². The van der Waals surface area contributed by atoms with E-state index in [9.17, 15) is 9.59 Å². The topological polar surface area (TPSA) is 78.4 Å². The molecule has 3 N–H and O–H groups in total. The van der Waals surface area contributed by atoms with Gasteiger partial charge in [-0.1, -0.05) is 19.8 Å². The van der Waals surface area contributed by atoms with E-state index in [1.165, 1.54) is 0 Å². The van der Waals surface area contributed by atoms with Gasteiger partial charge in [0.25, 0.3) is 0 Å². The Morgan fingerprint density at radius 2 is 2.11 bits per heavy atom. The van der Waals surface area contributed by atoms with Crippen molar-refractivity contribution in [3.8, 4) is 0 Å². The number of hydrogen-bond acceptors (Lipinski definition) is 3. The number of unbranched alkanes of at least 4 members (excludes halogenated alkanes) is 1. The molecule has 1 amide bonds. The van der Waals surface area contributed by atoms with E-state index in [0.717, 1.165) is 38.6 Å². The van der Waals surface area contributed by atoms with E-state index in [4.69, 9.17) is 5.11 Å². The van der Waals surface area contributed by atoms with E-state index in [-0.39, 0.29) is 17.9 Å². The maximum atomic E-state index is 11.5. The lowest BCUT2D eigenvalue weighted by Gasteiger charge is -2.27. The van der Waals surface area contributed by atoms with E-state index in [1.807, 2.05) is 0 Å². The van der Waals surface area contributed by atoms with Crippen molar-refractivity contribution < 1.29 is 14.7 Å². The van der Waals surface area contributed by atoms with Crippen molar-refractivity contribution in [2.45, 2.75) is 51.5 Å². The van der Waals surface area contributed by atoms with Crippen LogP contribution in [0.5, 0.6) is 0 Å². The van der Waals surface area contributed by atoms with Gasteiger partial charge in [-0.2, -0.15) is 0 Å². The van der Waals surface area contributed by atoms with Crippen molar-refractivity contribution in [3.63, 3.8) is 0 Å². The number of nitrogens with one attached hydrogen (secondary N) is 2. The summed E-state index contributed by atoms with van der Waals surface area (Å²) in [4.78, 5) is 22.4. The number of carbonyl (C=O) groups excluding carboxylic acids is 1. The predicted octanol–water partition coefficient (Wildman–Crippen LogP) is 1.14. The van der Waals surface area contributed by atoms with Crippen LogP contribution in [0.1, 0.15) is 45.4 Å². The molecule has 5 nitrogen and oxygen atoms in total. The Kier molecular flexibility index (Phi) is 6.72. The lowest BCUT2D eigenvalue weighted by atomic mass is 9.86. The van der Waals surface area contributed by atoms with Crippen LogP contribution in [0.15, 0.2) is 0 Å². The van der Waals surface area contributed by atoms with Crippen LogP contribution in [0, 0.1) is 5.92 Å². The number of hydrogen-bond donors (Lipinski definition) is 3. The number of carboxylic acids is 1. The molecule has 0 aromatic rings. The van der Waals surface area contributed by atoms with Crippen molar-refractivity contribution in [2.75, 3.05) is 13.1 Å². The molecule has 0 radical (unpaired) electrons. The summed E-state index contributed by atoms with van der Waals surface area (Å²) in [5.74, 6) is -0.964. The first-order valence-corrected chi connectivity index (χ1v) is 6.86. The lowest BCUT2D eigenvalue weighted by Crippen LogP contribution is -2.42. The standard InChI is InChI=1S/C13H24N2O3/c1-2-3-7-14-12(16)9-15-11-6-4-5-10(8-11)13(17)18/h10-11,15H,2-9H2,1H3,(H,14,16)(H,17,18). The van der Waals surface area contributed by atoms with Crippen molar-refractivity contribution in [3.05, 3.63) is 0 Å². The molecule has 2 atom stereocenters. The smallest absolute Gasteiger partial charge is 0.306 e. The summed E-state index contributed by atoms with van der Waals surface area (Å²) >= 11 is 0. The highest BCUT2D eigenvalue weighted by Crippen LogP contribution is 2.24. The SMILES string of the molecule is CCCCNC(=O)CNC1CCCC(C(=O)O)C1. The van der Waals surface area contributed by atoms with Crippen molar-refractivity contribution in [2.24, 2.45) is 5.92 Å². The summed E-state index contributed by atoms with van der Waals surface area (Å²) in [6.07, 6.45) is 5.35. The molecule has 18 heavy (non-hydrogen) atoms. The molecular formula is C13H24N2O3. The average molecular weight is 256 g/mol. The van der Waals surface area contributed by atoms with Crippen LogP contribution in [0.2, 0.25) is 0 Å². The average Bonchev–Trinajstić information content (AvgIpc) is 2.37. The Balaban J connectivity index is 2.18. The maximum Gasteiger partial charge on any atom is 0.306 e. The molecule has 1 aliphatic carbocycles. The summed E-state index contributed by atoms with van der Waals surface area (Å²) in [5, 5.41) is 15.0. The minimum Gasteiger partial charge on any atom is -0.481 e. The van der Waals surface area contributed by atoms with Gasteiger partial charge in [-0.15, -0.1) is 0 Å². The van der Waals surface area contributed by atoms with E-state index in [2.05, 4.69) is 17.6 Å². The third-order valence-electron chi connectivity index (χ3n) is 3.43. The van der Waals surface area contributed by atoms with Gasteiger partial charge in [-0.05, 0) is 25.7 Å². The second-order valence-electron chi connectivity index (χ2n) is 4.98. The number of carbonyl (C=O) groups is 2. The Morgan fingerprint density at radius 3 is 2.78 bits per heavy atom. The Morgan fingerprint density at radius 1 is 1.33 bits per heavy atom. The lowest BCUT2D eigenvalue weighted by molar-refractivity contribution is -0.143. The molecule has 1 aliphatic rings. The van der Waals surface area contributed by atoms with E-state index in [0.29, 0.717) is 13.0 Å². The highest BCUT2D eigenvalue weighted by atomic mass is 16.4. The quantitative estimate of drug-likeness (QED) is 0.597. The summed E-state index contributed by atoms with van der Waals surface area (Å²) in [6, 6.07) is 0.164. The molecule has 0 aromatic carbocycles. The van der Waals surface area contributed by atoms with Gasteiger partial charge in [0.05, 0.1) is 12.5 Å².